The zero-order valence-electron chi connectivity index (χ0n) is 83.1. The topological polar surface area (TPSA) is 0 Å². The predicted octanol–water partition coefficient (Wildman–Crippen LogP) is 37.1. The van der Waals surface area contributed by atoms with Gasteiger partial charge in [-0.15, -0.1) is 0 Å². The summed E-state index contributed by atoms with van der Waals surface area (Å²) in [5, 5.41) is 0. The van der Waals surface area contributed by atoms with E-state index in [1.165, 1.54) is 256 Å². The van der Waals surface area contributed by atoms with Gasteiger partial charge in [0.15, 0.2) is 0 Å². The first-order chi connectivity index (χ1) is 58.2. The second kappa shape index (κ2) is 44.0. The van der Waals surface area contributed by atoms with E-state index in [1.807, 2.05) is 0 Å². The minimum absolute atomic E-state index is 0.800. The van der Waals surface area contributed by atoms with Gasteiger partial charge in [0.25, 0.3) is 0 Å². The minimum Gasteiger partial charge on any atom is -0.0625 e. The van der Waals surface area contributed by atoms with Crippen molar-refractivity contribution in [1.29, 1.82) is 0 Å². The van der Waals surface area contributed by atoms with Crippen LogP contribution in [0.5, 0.6) is 0 Å². The van der Waals surface area contributed by atoms with Crippen molar-refractivity contribution in [2.24, 2.45) is 248 Å². The van der Waals surface area contributed by atoms with Crippen LogP contribution in [0.1, 0.15) is 507 Å². The number of rotatable bonds is 0. The minimum atomic E-state index is 0.800. The predicted molar refractivity (Wildman–Crippen MR) is 519 cm³/mol. The Morgan fingerprint density at radius 3 is 0.775 bits per heavy atom. The summed E-state index contributed by atoms with van der Waals surface area (Å²) in [7, 11) is 0. The van der Waals surface area contributed by atoms with E-state index in [9.17, 15) is 0 Å². The maximum atomic E-state index is 2.55. The van der Waals surface area contributed by atoms with Gasteiger partial charge in [-0.2, -0.15) is 0 Å². The SMILES string of the molecule is CC12CC3CC(CC(C3)C1)C2.CC1C2CC3CC(C2)CC1C3.CC1CC1.CC1CC2CC1C1C3CCC(C3)C21.CC1CC2CC1C1C3CCC(CC3)C21.CC1CC2CCC1C1C3CCC(CC3)C21.CC1CC2CCC1C2.CC1CC2CCC1CC2.CC1CCC1.CC1CCCC1.CC1CCCCC1.CC1CCCCCC1.CC1CCCCCCC1. The normalized spacial score (nSPS) is 49.1. The molecule has 21 atom stereocenters. The number of hydrogen-bond donors (Lipinski definition) is 0. The first kappa shape index (κ1) is 93.2. The van der Waals surface area contributed by atoms with Gasteiger partial charge in [-0.25, -0.2) is 0 Å². The zero-order chi connectivity index (χ0) is 83.1. The van der Waals surface area contributed by atoms with E-state index in [-0.39, 0.29) is 0 Å². The maximum absolute atomic E-state index is 2.55. The maximum Gasteiger partial charge on any atom is -0.0318 e. The molecule has 24 bridgehead atoms. The second-order valence-corrected chi connectivity index (χ2v) is 54.2. The lowest BCUT2D eigenvalue weighted by molar-refractivity contribution is -0.127. The van der Waals surface area contributed by atoms with Crippen molar-refractivity contribution in [2.75, 3.05) is 0 Å². The van der Waals surface area contributed by atoms with Crippen LogP contribution in [0.3, 0.4) is 0 Å². The molecule has 0 aromatic rings. The van der Waals surface area contributed by atoms with Crippen molar-refractivity contribution >= 4 is 0 Å². The van der Waals surface area contributed by atoms with Crippen LogP contribution in [-0.4, -0.2) is 0 Å². The molecule has 120 heavy (non-hydrogen) atoms. The first-order valence-electron chi connectivity index (χ1n) is 58.2. The molecule has 0 radical (unpaired) electrons. The van der Waals surface area contributed by atoms with Crippen LogP contribution in [0.15, 0.2) is 0 Å². The van der Waals surface area contributed by atoms with Crippen LogP contribution in [-0.2, 0) is 0 Å². The van der Waals surface area contributed by atoms with Gasteiger partial charge < -0.3 is 0 Å². The van der Waals surface area contributed by atoms with Gasteiger partial charge in [0, 0.05) is 0 Å². The number of hydrogen-bond acceptors (Lipinski definition) is 0. The molecule has 34 rings (SSSR count). The Morgan fingerprint density at radius 2 is 0.433 bits per heavy atom. The lowest BCUT2D eigenvalue weighted by Crippen LogP contribution is -2.54. The fourth-order valence-corrected chi connectivity index (χ4v) is 38.6. The van der Waals surface area contributed by atoms with Crippen LogP contribution in [0, 0.1) is 248 Å². The van der Waals surface area contributed by atoms with Gasteiger partial charge in [0.1, 0.15) is 0 Å². The van der Waals surface area contributed by atoms with E-state index < -0.39 is 0 Å². The molecule has 690 valence electrons. The van der Waals surface area contributed by atoms with Crippen LogP contribution >= 0.6 is 0 Å². The summed E-state index contributed by atoms with van der Waals surface area (Å²) in [5.74, 6) is 46.6. The van der Waals surface area contributed by atoms with E-state index in [0.29, 0.717) is 0 Å². The smallest absolute Gasteiger partial charge is 0.0318 e. The Bertz CT molecular complexity index is 2820. The highest BCUT2D eigenvalue weighted by molar-refractivity contribution is 5.12. The van der Waals surface area contributed by atoms with Crippen molar-refractivity contribution < 1.29 is 0 Å². The van der Waals surface area contributed by atoms with Gasteiger partial charge >= 0.3 is 0 Å². The average Bonchev–Trinajstić information content (AvgIpc) is 1.58. The fraction of sp³-hybridized carbons (Fsp3) is 1.00. The van der Waals surface area contributed by atoms with E-state index in [4.69, 9.17) is 0 Å². The summed E-state index contributed by atoms with van der Waals surface area (Å²) >= 11 is 0. The molecule has 0 aromatic carbocycles. The molecule has 0 heteroatoms. The van der Waals surface area contributed by atoms with Crippen LogP contribution in [0.2, 0.25) is 0 Å². The molecular formula is C120H210. The molecule has 34 aliphatic carbocycles. The molecule has 34 saturated carbocycles. The van der Waals surface area contributed by atoms with E-state index in [2.05, 4.69) is 90.0 Å². The van der Waals surface area contributed by atoms with Gasteiger partial charge in [-0.3, -0.25) is 0 Å². The summed E-state index contributed by atoms with van der Waals surface area (Å²) in [6.07, 6.45) is 100. The molecule has 34 fully saturated rings. The van der Waals surface area contributed by atoms with Crippen molar-refractivity contribution in [3.05, 3.63) is 0 Å². The zero-order valence-corrected chi connectivity index (χ0v) is 83.1. The number of fused-ring (bicyclic) bond motifs is 22. The Balaban J connectivity index is 0.0000000981. The van der Waals surface area contributed by atoms with Gasteiger partial charge in [-0.1, -0.05) is 283 Å². The summed E-state index contributed by atoms with van der Waals surface area (Å²) in [4.78, 5) is 0. The van der Waals surface area contributed by atoms with Gasteiger partial charge in [0.2, 0.25) is 0 Å². The van der Waals surface area contributed by atoms with E-state index in [1.54, 1.807) is 244 Å². The first-order valence-corrected chi connectivity index (χ1v) is 58.2. The highest BCUT2D eigenvalue weighted by Crippen LogP contribution is 2.71. The molecule has 0 nitrogen and oxygen atoms in total. The quantitative estimate of drug-likeness (QED) is 0.168. The summed E-state index contributed by atoms with van der Waals surface area (Å²) in [6.45, 7) is 31.6. The fourth-order valence-electron chi connectivity index (χ4n) is 38.6. The molecule has 0 aliphatic heterocycles. The van der Waals surface area contributed by atoms with Crippen molar-refractivity contribution in [3.63, 3.8) is 0 Å². The molecular weight excluding hydrogens is 1440 g/mol. The summed E-state index contributed by atoms with van der Waals surface area (Å²) in [6, 6.07) is 0. The van der Waals surface area contributed by atoms with Crippen molar-refractivity contribution in [2.45, 2.75) is 507 Å². The summed E-state index contributed by atoms with van der Waals surface area (Å²) < 4.78 is 0. The molecule has 34 aliphatic rings. The third-order valence-corrected chi connectivity index (χ3v) is 45.0. The molecule has 0 saturated heterocycles. The van der Waals surface area contributed by atoms with Crippen LogP contribution < -0.4 is 0 Å². The van der Waals surface area contributed by atoms with E-state index in [0.717, 1.165) is 165 Å². The molecule has 21 unspecified atom stereocenters. The lowest BCUT2D eigenvalue weighted by Gasteiger charge is -2.62. The molecule has 0 N–H and O–H groups in total. The highest BCUT2D eigenvalue weighted by atomic mass is 14.7. The van der Waals surface area contributed by atoms with Crippen molar-refractivity contribution in [3.8, 4) is 0 Å². The Hall–Kier alpha value is 0. The Labute approximate surface area is 750 Å². The van der Waals surface area contributed by atoms with Gasteiger partial charge in [0.05, 0.1) is 0 Å². The molecule has 0 heterocycles. The third kappa shape index (κ3) is 24.1. The third-order valence-electron chi connectivity index (χ3n) is 45.0. The Morgan fingerprint density at radius 1 is 0.150 bits per heavy atom. The molecule has 0 aromatic heterocycles. The van der Waals surface area contributed by atoms with E-state index >= 15 is 0 Å². The largest absolute Gasteiger partial charge is 0.0625 e. The standard InChI is InChI=1S/C15H24.C14H22.C13H20.2C11H18.C9H16.C9H18.C8H14.C8H16.C7H14.C6H12.C5H10.C4H8/c1-9-8-12-6-7-13(9)15-11-4-2-10(3-5-11)14(12)15;1-8-6-11-7-12(8)14-10-4-2-9(3-5-10)13(11)14;1-7-4-10-6-11(7)13-9-3-2-8(5-9)12(10)13;1-11-5-8-2-9(6-11)4-10(3-8)7-11;1-7-10-3-8-2-9(5-10)6-11(7)4-8;1-7-6-8-2-4-9(7)5-3-8;1-9-7-5-3-2-4-6-8-9;1-6-4-7-2-3-8(6)5-7;1-8-6-4-2-3-5-7-8;1-7-5-3-2-4-6-7;1-6-4-2-3-5-6;1-5-3-2-4-5;1-4-2-3-4/h9-15H,2-8H2,1H3;8-14H,2-7H2,1H3;7-13H,2-6H2,1H3;8-10H,2-7H2,1H3;7-11H,2-6H2,1H3;7-9H,2-6H2,1H3;9H,2-8H2,1H3;6-8H,2-5H2,1H3;8H,2-7H2,1H3;7H,2-6H2,1H3;6H,2-5H2,1H3;5H,2-4H2,1H3;4H,2-3H2,1H3. The average molecular weight is 1650 g/mol. The molecule has 0 spiro atoms. The van der Waals surface area contributed by atoms with Gasteiger partial charge in [-0.05, 0) is 473 Å². The van der Waals surface area contributed by atoms with Crippen LogP contribution in [0.25, 0.3) is 0 Å². The second-order valence-electron chi connectivity index (χ2n) is 54.2. The van der Waals surface area contributed by atoms with Crippen LogP contribution in [0.4, 0.5) is 0 Å². The van der Waals surface area contributed by atoms with Crippen molar-refractivity contribution in [1.82, 2.24) is 0 Å². The highest BCUT2D eigenvalue weighted by Gasteiger charge is 2.63. The Kier molecular flexibility index (Phi) is 34.2. The summed E-state index contributed by atoms with van der Waals surface area (Å²) in [5.41, 5.74) is 0.800. The monoisotopic (exact) mass is 1650 g/mol. The lowest BCUT2D eigenvalue weighted by atomic mass is 9.43. The molecule has 0 amide bonds.